The molecular formula is C27H29ClN4O5. The van der Waals surface area contributed by atoms with Crippen LogP contribution in [0, 0.1) is 0 Å². The number of nitrogens with one attached hydrogen (secondary N) is 3. The van der Waals surface area contributed by atoms with E-state index in [4.69, 9.17) is 21.1 Å². The van der Waals surface area contributed by atoms with Crippen molar-refractivity contribution in [3.63, 3.8) is 0 Å². The number of benzene rings is 2. The van der Waals surface area contributed by atoms with E-state index in [0.717, 1.165) is 23.0 Å². The Bertz CT molecular complexity index is 1310. The maximum Gasteiger partial charge on any atom is 0.253 e. The van der Waals surface area contributed by atoms with Gasteiger partial charge in [0.1, 0.15) is 6.61 Å². The van der Waals surface area contributed by atoms with Crippen molar-refractivity contribution >= 4 is 45.9 Å². The lowest BCUT2D eigenvalue weighted by molar-refractivity contribution is -0.125. The molecule has 194 valence electrons. The minimum atomic E-state index is -0.306. The fourth-order valence-electron chi connectivity index (χ4n) is 5.00. The van der Waals surface area contributed by atoms with E-state index in [1.54, 1.807) is 54.6 Å². The molecule has 37 heavy (non-hydrogen) atoms. The van der Waals surface area contributed by atoms with Gasteiger partial charge in [-0.3, -0.25) is 14.4 Å². The molecule has 1 aliphatic heterocycles. The van der Waals surface area contributed by atoms with Gasteiger partial charge in [0.05, 0.1) is 23.8 Å². The van der Waals surface area contributed by atoms with Crippen LogP contribution in [0.25, 0.3) is 10.9 Å². The van der Waals surface area contributed by atoms with Crippen LogP contribution in [0.5, 0.6) is 0 Å². The largest absolute Gasteiger partial charge is 0.381 e. The number of anilines is 1. The molecule has 5 rings (SSSR count). The zero-order valence-corrected chi connectivity index (χ0v) is 21.2. The van der Waals surface area contributed by atoms with E-state index in [2.05, 4.69) is 15.6 Å². The average Bonchev–Trinajstić information content (AvgIpc) is 3.29. The summed E-state index contributed by atoms with van der Waals surface area (Å²) >= 11 is 6.15. The number of ether oxygens (including phenoxy) is 2. The lowest BCUT2D eigenvalue weighted by Gasteiger charge is -2.36. The van der Waals surface area contributed by atoms with Crippen molar-refractivity contribution < 1.29 is 23.9 Å². The first-order valence-electron chi connectivity index (χ1n) is 12.3. The minimum absolute atomic E-state index is 0.00873. The number of fused-ring (bicyclic) bond motifs is 1. The lowest BCUT2D eigenvalue weighted by Crippen LogP contribution is -2.55. The van der Waals surface area contributed by atoms with Gasteiger partial charge in [-0.1, -0.05) is 17.7 Å². The highest BCUT2D eigenvalue weighted by atomic mass is 35.5. The Balaban J connectivity index is 1.27. The number of hydrogen-bond donors (Lipinski definition) is 3. The number of carbonyl (C=O) groups excluding carboxylic acids is 3. The Labute approximate surface area is 219 Å². The molecular weight excluding hydrogens is 496 g/mol. The molecule has 0 bridgehead atoms. The standard InChI is InChI=1S/C27H29ClN4O5/c1-36-19-7-9-22(30-27(35)17-4-8-20-21(28)14-29-23(20)12-17)24(13-19)31-26(34)16-2-5-18(6-3-16)32-10-11-37-15-25(32)33/h2-6,8,12,14,19,22,24,29H,7,9-11,13,15H2,1H3,(H,30,35)(H,31,34)/t19-,22-,24+/m1/s1. The van der Waals surface area contributed by atoms with Gasteiger partial charge in [0.2, 0.25) is 0 Å². The number of carbonyl (C=O) groups is 3. The summed E-state index contributed by atoms with van der Waals surface area (Å²) in [5.41, 5.74) is 2.50. The topological polar surface area (TPSA) is 113 Å². The van der Waals surface area contributed by atoms with Gasteiger partial charge in [-0.2, -0.15) is 0 Å². The Hall–Kier alpha value is -3.40. The molecule has 3 atom stereocenters. The monoisotopic (exact) mass is 524 g/mol. The summed E-state index contributed by atoms with van der Waals surface area (Å²) in [5, 5.41) is 7.65. The normalized spacial score (nSPS) is 22.2. The second-order valence-electron chi connectivity index (χ2n) is 9.37. The number of rotatable bonds is 6. The van der Waals surface area contributed by atoms with Crippen LogP contribution in [0.4, 0.5) is 5.69 Å². The third-order valence-electron chi connectivity index (χ3n) is 7.09. The van der Waals surface area contributed by atoms with Crippen molar-refractivity contribution in [3.05, 3.63) is 64.8 Å². The fourth-order valence-corrected chi connectivity index (χ4v) is 5.22. The van der Waals surface area contributed by atoms with Crippen molar-refractivity contribution in [2.75, 3.05) is 31.8 Å². The maximum absolute atomic E-state index is 13.1. The molecule has 3 N–H and O–H groups in total. The average molecular weight is 525 g/mol. The van der Waals surface area contributed by atoms with Gasteiger partial charge in [0.25, 0.3) is 17.7 Å². The highest BCUT2D eigenvalue weighted by Gasteiger charge is 2.33. The molecule has 9 nitrogen and oxygen atoms in total. The lowest BCUT2D eigenvalue weighted by atomic mass is 9.87. The Kier molecular flexibility index (Phi) is 7.45. The third-order valence-corrected chi connectivity index (χ3v) is 7.40. The molecule has 0 radical (unpaired) electrons. The van der Waals surface area contributed by atoms with Crippen molar-refractivity contribution in [1.82, 2.24) is 15.6 Å². The van der Waals surface area contributed by atoms with Crippen LogP contribution in [0.3, 0.4) is 0 Å². The van der Waals surface area contributed by atoms with E-state index in [-0.39, 0.29) is 42.5 Å². The molecule has 3 aromatic rings. The van der Waals surface area contributed by atoms with E-state index < -0.39 is 0 Å². The van der Waals surface area contributed by atoms with Gasteiger partial charge in [-0.15, -0.1) is 0 Å². The number of halogens is 1. The number of amides is 3. The molecule has 1 saturated carbocycles. The van der Waals surface area contributed by atoms with Crippen LogP contribution in [0.15, 0.2) is 48.7 Å². The number of nitrogens with zero attached hydrogens (tertiary/aromatic N) is 1. The molecule has 10 heteroatoms. The van der Waals surface area contributed by atoms with Crippen molar-refractivity contribution in [1.29, 1.82) is 0 Å². The minimum Gasteiger partial charge on any atom is -0.381 e. The van der Waals surface area contributed by atoms with Crippen LogP contribution >= 0.6 is 11.6 Å². The molecule has 1 aromatic heterocycles. The van der Waals surface area contributed by atoms with Gasteiger partial charge in [-0.25, -0.2) is 0 Å². The van der Waals surface area contributed by atoms with Crippen LogP contribution < -0.4 is 15.5 Å². The summed E-state index contributed by atoms with van der Waals surface area (Å²) in [4.78, 5) is 43.0. The molecule has 0 spiro atoms. The van der Waals surface area contributed by atoms with Gasteiger partial charge in [0, 0.05) is 53.6 Å². The number of aromatic amines is 1. The molecule has 1 saturated heterocycles. The van der Waals surface area contributed by atoms with Crippen molar-refractivity contribution in [2.24, 2.45) is 0 Å². The quantitative estimate of drug-likeness (QED) is 0.458. The fraction of sp³-hybridized carbons (Fsp3) is 0.370. The van der Waals surface area contributed by atoms with Crippen LogP contribution in [-0.4, -0.2) is 67.8 Å². The summed E-state index contributed by atoms with van der Waals surface area (Å²) in [6.07, 6.45) is 3.71. The SMILES string of the molecule is CO[C@@H]1CC[C@@H](NC(=O)c2ccc3c(Cl)c[nH]c3c2)[C@@H](NC(=O)c2ccc(N3CCOCC3=O)cc2)C1. The van der Waals surface area contributed by atoms with E-state index in [1.165, 1.54) is 0 Å². The summed E-state index contributed by atoms with van der Waals surface area (Å²) in [5.74, 6) is -0.566. The Morgan fingerprint density at radius 1 is 1.05 bits per heavy atom. The van der Waals surface area contributed by atoms with Crippen LogP contribution in [0.1, 0.15) is 40.0 Å². The van der Waals surface area contributed by atoms with Crippen LogP contribution in [0.2, 0.25) is 5.02 Å². The van der Waals surface area contributed by atoms with E-state index in [0.29, 0.717) is 42.1 Å². The summed E-state index contributed by atoms with van der Waals surface area (Å²) in [6.45, 7) is 1.02. The number of hydrogen-bond acceptors (Lipinski definition) is 5. The van der Waals surface area contributed by atoms with E-state index in [9.17, 15) is 14.4 Å². The summed E-state index contributed by atoms with van der Waals surface area (Å²) in [6, 6.07) is 11.7. The molecule has 3 amide bonds. The smallest absolute Gasteiger partial charge is 0.253 e. The molecule has 2 fully saturated rings. The Morgan fingerprint density at radius 3 is 2.54 bits per heavy atom. The van der Waals surface area contributed by atoms with Crippen molar-refractivity contribution in [2.45, 2.75) is 37.5 Å². The van der Waals surface area contributed by atoms with E-state index >= 15 is 0 Å². The van der Waals surface area contributed by atoms with Gasteiger partial charge >= 0.3 is 0 Å². The highest BCUT2D eigenvalue weighted by Crippen LogP contribution is 2.25. The third kappa shape index (κ3) is 5.49. The second-order valence-corrected chi connectivity index (χ2v) is 9.78. The molecule has 0 unspecified atom stereocenters. The number of methoxy groups -OCH3 is 1. The Morgan fingerprint density at radius 2 is 1.78 bits per heavy atom. The predicted octanol–water partition coefficient (Wildman–Crippen LogP) is 3.28. The number of aromatic nitrogens is 1. The zero-order chi connectivity index (χ0) is 25.9. The highest BCUT2D eigenvalue weighted by molar-refractivity contribution is 6.35. The molecule has 1 aliphatic carbocycles. The van der Waals surface area contributed by atoms with Crippen molar-refractivity contribution in [3.8, 4) is 0 Å². The zero-order valence-electron chi connectivity index (χ0n) is 20.5. The van der Waals surface area contributed by atoms with Crippen LogP contribution in [-0.2, 0) is 14.3 Å². The van der Waals surface area contributed by atoms with Gasteiger partial charge < -0.3 is 30.0 Å². The maximum atomic E-state index is 13.1. The summed E-state index contributed by atoms with van der Waals surface area (Å²) < 4.78 is 10.7. The first-order valence-corrected chi connectivity index (χ1v) is 12.7. The second kappa shape index (κ2) is 10.9. The van der Waals surface area contributed by atoms with E-state index in [1.807, 2.05) is 6.07 Å². The first-order chi connectivity index (χ1) is 17.9. The number of H-pyrrole nitrogens is 1. The molecule has 2 aliphatic rings. The molecule has 2 aromatic carbocycles. The molecule has 2 heterocycles. The first kappa shape index (κ1) is 25.3. The van der Waals surface area contributed by atoms with Gasteiger partial charge in [0.15, 0.2) is 0 Å². The number of morpholine rings is 1. The predicted molar refractivity (Wildman–Crippen MR) is 140 cm³/mol. The summed E-state index contributed by atoms with van der Waals surface area (Å²) in [7, 11) is 1.66. The van der Waals surface area contributed by atoms with Gasteiger partial charge in [-0.05, 0) is 55.7 Å².